The van der Waals surface area contributed by atoms with Gasteiger partial charge in [-0.3, -0.25) is 9.59 Å². The van der Waals surface area contributed by atoms with E-state index in [4.69, 9.17) is 4.74 Å². The van der Waals surface area contributed by atoms with E-state index in [9.17, 15) is 18.4 Å². The van der Waals surface area contributed by atoms with Crippen LogP contribution in [-0.2, 0) is 9.59 Å². The molecule has 116 valence electrons. The van der Waals surface area contributed by atoms with E-state index in [1.165, 1.54) is 19.9 Å². The number of likely N-dealkylation sites (N-methyl/N-ethyl adjacent to an activating group) is 1. The lowest BCUT2D eigenvalue weighted by atomic mass is 10.2. The molecule has 5 nitrogen and oxygen atoms in total. The summed E-state index contributed by atoms with van der Waals surface area (Å²) in [5.41, 5.74) is 0. The molecule has 0 aliphatic heterocycles. The second kappa shape index (κ2) is 7.56. The van der Waals surface area contributed by atoms with Crippen LogP contribution < -0.4 is 15.4 Å². The largest absolute Gasteiger partial charge is 0.481 e. The van der Waals surface area contributed by atoms with E-state index in [1.807, 2.05) is 0 Å². The molecule has 0 saturated heterocycles. The van der Waals surface area contributed by atoms with Crippen LogP contribution >= 0.6 is 0 Å². The fraction of sp³-hybridized carbons (Fsp3) is 0.429. The number of nitrogens with one attached hydrogen (secondary N) is 2. The Balaban J connectivity index is 2.58. The zero-order chi connectivity index (χ0) is 16.0. The lowest BCUT2D eigenvalue weighted by Gasteiger charge is -2.18. The van der Waals surface area contributed by atoms with Crippen molar-refractivity contribution >= 4 is 11.8 Å². The number of carbonyl (C=O) groups is 2. The number of hydrogen-bond donors (Lipinski definition) is 2. The number of hydrogen-bond acceptors (Lipinski definition) is 3. The van der Waals surface area contributed by atoms with Crippen LogP contribution in [0.3, 0.4) is 0 Å². The SMILES string of the molecule is CCNC(=O)C(C)NC(=O)C(C)Oc1ccc(F)c(F)c1. The Hall–Kier alpha value is -2.18. The van der Waals surface area contributed by atoms with Gasteiger partial charge in [0, 0.05) is 12.6 Å². The summed E-state index contributed by atoms with van der Waals surface area (Å²) >= 11 is 0. The molecule has 0 aromatic heterocycles. The Bertz CT molecular complexity index is 523. The second-order valence-electron chi connectivity index (χ2n) is 4.46. The Labute approximate surface area is 121 Å². The summed E-state index contributed by atoms with van der Waals surface area (Å²) in [7, 11) is 0. The standard InChI is InChI=1S/C14H18F2N2O3/c1-4-17-13(19)8(2)18-14(20)9(3)21-10-5-6-11(15)12(16)7-10/h5-9H,4H2,1-3H3,(H,17,19)(H,18,20). The van der Waals surface area contributed by atoms with Crippen molar-refractivity contribution in [2.45, 2.75) is 32.9 Å². The van der Waals surface area contributed by atoms with Gasteiger partial charge >= 0.3 is 0 Å². The number of benzene rings is 1. The molecule has 0 saturated carbocycles. The molecule has 21 heavy (non-hydrogen) atoms. The van der Waals surface area contributed by atoms with E-state index in [0.29, 0.717) is 6.54 Å². The Morgan fingerprint density at radius 2 is 1.86 bits per heavy atom. The average Bonchev–Trinajstić information content (AvgIpc) is 2.43. The molecule has 0 spiro atoms. The van der Waals surface area contributed by atoms with Crippen molar-refractivity contribution in [1.82, 2.24) is 10.6 Å². The van der Waals surface area contributed by atoms with Crippen LogP contribution in [0.2, 0.25) is 0 Å². The minimum Gasteiger partial charge on any atom is -0.481 e. The van der Waals surface area contributed by atoms with Crippen LogP contribution in [0.4, 0.5) is 8.78 Å². The van der Waals surface area contributed by atoms with E-state index in [-0.39, 0.29) is 11.7 Å². The minimum atomic E-state index is -1.06. The highest BCUT2D eigenvalue weighted by atomic mass is 19.2. The predicted molar refractivity (Wildman–Crippen MR) is 72.7 cm³/mol. The predicted octanol–water partition coefficient (Wildman–Crippen LogP) is 1.37. The van der Waals surface area contributed by atoms with E-state index in [1.54, 1.807) is 6.92 Å². The molecule has 2 amide bonds. The normalized spacial score (nSPS) is 13.2. The molecular weight excluding hydrogens is 282 g/mol. The van der Waals surface area contributed by atoms with Crippen molar-refractivity contribution in [3.63, 3.8) is 0 Å². The highest BCUT2D eigenvalue weighted by Crippen LogP contribution is 2.16. The van der Waals surface area contributed by atoms with Crippen LogP contribution in [0, 0.1) is 11.6 Å². The third-order valence-corrected chi connectivity index (χ3v) is 2.68. The Kier molecular flexibility index (Phi) is 6.08. The molecule has 1 rings (SSSR count). The van der Waals surface area contributed by atoms with Crippen LogP contribution in [0.5, 0.6) is 5.75 Å². The first kappa shape index (κ1) is 16.9. The van der Waals surface area contributed by atoms with Crippen LogP contribution in [0.1, 0.15) is 20.8 Å². The van der Waals surface area contributed by atoms with Crippen LogP contribution in [-0.4, -0.2) is 30.5 Å². The van der Waals surface area contributed by atoms with Crippen molar-refractivity contribution in [1.29, 1.82) is 0 Å². The van der Waals surface area contributed by atoms with Gasteiger partial charge in [-0.05, 0) is 32.9 Å². The van der Waals surface area contributed by atoms with E-state index in [0.717, 1.165) is 12.1 Å². The first-order valence-electron chi connectivity index (χ1n) is 6.55. The number of halogens is 2. The molecule has 1 aromatic carbocycles. The van der Waals surface area contributed by atoms with Crippen LogP contribution in [0.25, 0.3) is 0 Å². The van der Waals surface area contributed by atoms with Gasteiger partial charge in [-0.2, -0.15) is 0 Å². The number of amides is 2. The van der Waals surface area contributed by atoms with Crippen molar-refractivity contribution in [3.8, 4) is 5.75 Å². The lowest BCUT2D eigenvalue weighted by molar-refractivity contribution is -0.132. The maximum absolute atomic E-state index is 13.0. The smallest absolute Gasteiger partial charge is 0.261 e. The van der Waals surface area contributed by atoms with E-state index < -0.39 is 29.7 Å². The van der Waals surface area contributed by atoms with Crippen molar-refractivity contribution in [2.75, 3.05) is 6.54 Å². The minimum absolute atomic E-state index is 0.0298. The van der Waals surface area contributed by atoms with Gasteiger partial charge < -0.3 is 15.4 Å². The second-order valence-corrected chi connectivity index (χ2v) is 4.46. The first-order chi connectivity index (χ1) is 9.85. The van der Waals surface area contributed by atoms with Gasteiger partial charge in [-0.15, -0.1) is 0 Å². The molecule has 0 radical (unpaired) electrons. The topological polar surface area (TPSA) is 67.4 Å². The third kappa shape index (κ3) is 5.02. The fourth-order valence-corrected chi connectivity index (χ4v) is 1.53. The van der Waals surface area contributed by atoms with Gasteiger partial charge in [-0.25, -0.2) is 8.78 Å². The summed E-state index contributed by atoms with van der Waals surface area (Å²) in [6.07, 6.45) is -0.952. The molecule has 0 aliphatic carbocycles. The average molecular weight is 300 g/mol. The van der Waals surface area contributed by atoms with Crippen molar-refractivity contribution < 1.29 is 23.1 Å². The monoisotopic (exact) mass is 300 g/mol. The summed E-state index contributed by atoms with van der Waals surface area (Å²) in [4.78, 5) is 23.3. The summed E-state index contributed by atoms with van der Waals surface area (Å²) < 4.78 is 31.0. The summed E-state index contributed by atoms with van der Waals surface area (Å²) in [5, 5.41) is 5.03. The molecule has 0 fully saturated rings. The Morgan fingerprint density at radius 1 is 1.19 bits per heavy atom. The molecule has 7 heteroatoms. The highest BCUT2D eigenvalue weighted by Gasteiger charge is 2.20. The fourth-order valence-electron chi connectivity index (χ4n) is 1.53. The van der Waals surface area contributed by atoms with Crippen molar-refractivity contribution in [2.24, 2.45) is 0 Å². The number of rotatable bonds is 6. The van der Waals surface area contributed by atoms with Gasteiger partial charge in [-0.1, -0.05) is 0 Å². The van der Waals surface area contributed by atoms with E-state index >= 15 is 0 Å². The molecule has 1 aromatic rings. The van der Waals surface area contributed by atoms with Gasteiger partial charge in [0.1, 0.15) is 11.8 Å². The summed E-state index contributed by atoms with van der Waals surface area (Å²) in [6, 6.07) is 2.27. The summed E-state index contributed by atoms with van der Waals surface area (Å²) in [5.74, 6) is -2.87. The van der Waals surface area contributed by atoms with Gasteiger partial charge in [0.05, 0.1) is 0 Å². The van der Waals surface area contributed by atoms with Gasteiger partial charge in [0.15, 0.2) is 17.7 Å². The molecule has 0 bridgehead atoms. The summed E-state index contributed by atoms with van der Waals surface area (Å²) in [6.45, 7) is 5.20. The van der Waals surface area contributed by atoms with Crippen molar-refractivity contribution in [3.05, 3.63) is 29.8 Å². The van der Waals surface area contributed by atoms with Crippen LogP contribution in [0.15, 0.2) is 18.2 Å². The lowest BCUT2D eigenvalue weighted by Crippen LogP contribution is -2.48. The molecule has 0 aliphatic rings. The number of carbonyl (C=O) groups excluding carboxylic acids is 2. The zero-order valence-corrected chi connectivity index (χ0v) is 12.1. The quantitative estimate of drug-likeness (QED) is 0.834. The van der Waals surface area contributed by atoms with Gasteiger partial charge in [0.25, 0.3) is 5.91 Å². The van der Waals surface area contributed by atoms with Gasteiger partial charge in [0.2, 0.25) is 5.91 Å². The number of ether oxygens (including phenoxy) is 1. The maximum Gasteiger partial charge on any atom is 0.261 e. The first-order valence-corrected chi connectivity index (χ1v) is 6.55. The maximum atomic E-state index is 13.0. The van der Waals surface area contributed by atoms with E-state index in [2.05, 4.69) is 10.6 Å². The molecule has 0 heterocycles. The molecule has 2 unspecified atom stereocenters. The molecule has 2 atom stereocenters. The molecule has 2 N–H and O–H groups in total. The molecular formula is C14H18F2N2O3. The zero-order valence-electron chi connectivity index (χ0n) is 12.1. The Morgan fingerprint density at radius 3 is 2.43 bits per heavy atom. The highest BCUT2D eigenvalue weighted by molar-refractivity contribution is 5.88. The third-order valence-electron chi connectivity index (χ3n) is 2.68.